The number of carbonyl (C=O) groups excluding carboxylic acids is 1. The maximum absolute atomic E-state index is 12.8. The highest BCUT2D eigenvalue weighted by Gasteiger charge is 2.16. The molecule has 1 N–H and O–H groups in total. The number of Topliss-reactive ketones (excluding diaryl/α,β-unsaturated/α-hetero) is 1. The van der Waals surface area contributed by atoms with Gasteiger partial charge in [-0.3, -0.25) is 4.79 Å². The minimum atomic E-state index is -0.197. The summed E-state index contributed by atoms with van der Waals surface area (Å²) in [6, 6.07) is 21.6. The van der Waals surface area contributed by atoms with E-state index in [-0.39, 0.29) is 11.5 Å². The highest BCUT2D eigenvalue weighted by molar-refractivity contribution is 7.99. The molecular weight excluding hydrogens is 400 g/mol. The monoisotopic (exact) mass is 420 g/mol. The summed E-state index contributed by atoms with van der Waals surface area (Å²) in [7, 11) is 0. The van der Waals surface area contributed by atoms with E-state index in [0.717, 1.165) is 27.7 Å². The predicted molar refractivity (Wildman–Crippen MR) is 124 cm³/mol. The standard InChI is InChI=1S/C24H21ClN2OS/c1-2-27-22-6-4-3-5-19(22)20-15-16(7-12-23(20)27)24(28)21(26)13-14-29-18-10-8-17(25)9-11-18/h3-12,15,26H,2,13-14H2,1H3. The van der Waals surface area contributed by atoms with Crippen LogP contribution in [0.4, 0.5) is 0 Å². The third-order valence-corrected chi connectivity index (χ3v) is 6.33. The lowest BCUT2D eigenvalue weighted by Crippen LogP contribution is -2.14. The van der Waals surface area contributed by atoms with Gasteiger partial charge in [0.1, 0.15) is 0 Å². The Balaban J connectivity index is 1.52. The Labute approximate surface area is 179 Å². The molecule has 0 spiro atoms. The number of carbonyl (C=O) groups is 1. The lowest BCUT2D eigenvalue weighted by atomic mass is 10.0. The fourth-order valence-electron chi connectivity index (χ4n) is 3.63. The highest BCUT2D eigenvalue weighted by Crippen LogP contribution is 2.30. The topological polar surface area (TPSA) is 45.9 Å². The summed E-state index contributed by atoms with van der Waals surface area (Å²) in [4.78, 5) is 13.9. The molecule has 0 radical (unpaired) electrons. The van der Waals surface area contributed by atoms with Crippen molar-refractivity contribution in [3.8, 4) is 0 Å². The van der Waals surface area contributed by atoms with Crippen molar-refractivity contribution in [1.82, 2.24) is 4.57 Å². The molecule has 0 bridgehead atoms. The van der Waals surface area contributed by atoms with E-state index in [9.17, 15) is 4.79 Å². The molecule has 0 amide bonds. The van der Waals surface area contributed by atoms with E-state index in [4.69, 9.17) is 17.0 Å². The lowest BCUT2D eigenvalue weighted by molar-refractivity contribution is 0.106. The second-order valence-electron chi connectivity index (χ2n) is 6.85. The largest absolute Gasteiger partial charge is 0.341 e. The van der Waals surface area contributed by atoms with E-state index in [2.05, 4.69) is 23.6 Å². The van der Waals surface area contributed by atoms with Crippen molar-refractivity contribution in [2.45, 2.75) is 24.8 Å². The number of thioether (sulfide) groups is 1. The molecule has 0 atom stereocenters. The molecule has 1 aromatic heterocycles. The minimum Gasteiger partial charge on any atom is -0.341 e. The maximum Gasteiger partial charge on any atom is 0.206 e. The van der Waals surface area contributed by atoms with E-state index in [1.54, 1.807) is 11.8 Å². The molecule has 0 saturated carbocycles. The van der Waals surface area contributed by atoms with E-state index >= 15 is 0 Å². The third-order valence-electron chi connectivity index (χ3n) is 5.06. The van der Waals surface area contributed by atoms with E-state index in [0.29, 0.717) is 22.8 Å². The number of fused-ring (bicyclic) bond motifs is 3. The first kappa shape index (κ1) is 19.7. The van der Waals surface area contributed by atoms with Gasteiger partial charge in [0, 0.05) is 56.0 Å². The molecular formula is C24H21ClN2OS. The van der Waals surface area contributed by atoms with Gasteiger partial charge in [-0.2, -0.15) is 0 Å². The van der Waals surface area contributed by atoms with Gasteiger partial charge in [-0.25, -0.2) is 0 Å². The summed E-state index contributed by atoms with van der Waals surface area (Å²) >= 11 is 7.53. The normalized spacial score (nSPS) is 11.2. The third kappa shape index (κ3) is 3.96. The second-order valence-corrected chi connectivity index (χ2v) is 8.46. The quantitative estimate of drug-likeness (QED) is 0.202. The van der Waals surface area contributed by atoms with Crippen molar-refractivity contribution in [2.24, 2.45) is 0 Å². The van der Waals surface area contributed by atoms with Gasteiger partial charge >= 0.3 is 0 Å². The predicted octanol–water partition coefficient (Wildman–Crippen LogP) is 6.85. The second kappa shape index (κ2) is 8.44. The molecule has 0 aliphatic carbocycles. The minimum absolute atomic E-state index is 0.144. The summed E-state index contributed by atoms with van der Waals surface area (Å²) in [5.74, 6) is 0.487. The molecule has 3 aromatic carbocycles. The molecule has 0 saturated heterocycles. The average molecular weight is 421 g/mol. The van der Waals surface area contributed by atoms with Gasteiger partial charge < -0.3 is 9.98 Å². The molecule has 4 aromatic rings. The first-order valence-corrected chi connectivity index (χ1v) is 11.0. The smallest absolute Gasteiger partial charge is 0.206 e. The molecule has 4 rings (SSSR count). The molecule has 0 aliphatic rings. The molecule has 0 fully saturated rings. The summed E-state index contributed by atoms with van der Waals surface area (Å²) in [5.41, 5.74) is 3.02. The van der Waals surface area contributed by atoms with Crippen LogP contribution in [0.25, 0.3) is 21.8 Å². The van der Waals surface area contributed by atoms with Crippen LogP contribution in [0, 0.1) is 5.41 Å². The average Bonchev–Trinajstić information content (AvgIpc) is 3.07. The molecule has 3 nitrogen and oxygen atoms in total. The van der Waals surface area contributed by atoms with Crippen LogP contribution in [-0.2, 0) is 6.54 Å². The number of ketones is 1. The van der Waals surface area contributed by atoms with Crippen molar-refractivity contribution in [3.05, 3.63) is 77.3 Å². The number of halogens is 1. The SMILES string of the molecule is CCn1c2ccccc2c2cc(C(=O)C(=N)CCSc3ccc(Cl)cc3)ccc21. The van der Waals surface area contributed by atoms with Crippen molar-refractivity contribution in [3.63, 3.8) is 0 Å². The molecule has 0 aliphatic heterocycles. The van der Waals surface area contributed by atoms with Crippen LogP contribution in [0.2, 0.25) is 5.02 Å². The summed E-state index contributed by atoms with van der Waals surface area (Å²) in [6.07, 6.45) is 0.431. The first-order valence-electron chi connectivity index (χ1n) is 9.60. The Morgan fingerprint density at radius 1 is 1.00 bits per heavy atom. The van der Waals surface area contributed by atoms with Crippen molar-refractivity contribution >= 4 is 56.7 Å². The fourth-order valence-corrected chi connectivity index (χ4v) is 4.62. The Bertz CT molecular complexity index is 1210. The number of rotatable bonds is 7. The van der Waals surface area contributed by atoms with Gasteiger partial charge in [0.05, 0.1) is 5.71 Å². The van der Waals surface area contributed by atoms with Crippen LogP contribution in [-0.4, -0.2) is 21.8 Å². The van der Waals surface area contributed by atoms with Crippen LogP contribution in [0.3, 0.4) is 0 Å². The van der Waals surface area contributed by atoms with Gasteiger partial charge in [0.25, 0.3) is 0 Å². The Hall–Kier alpha value is -2.56. The highest BCUT2D eigenvalue weighted by atomic mass is 35.5. The summed E-state index contributed by atoms with van der Waals surface area (Å²) in [6.45, 7) is 2.99. The van der Waals surface area contributed by atoms with Crippen molar-refractivity contribution in [1.29, 1.82) is 5.41 Å². The van der Waals surface area contributed by atoms with E-state index in [1.165, 1.54) is 5.52 Å². The van der Waals surface area contributed by atoms with Crippen LogP contribution >= 0.6 is 23.4 Å². The Morgan fingerprint density at radius 2 is 1.72 bits per heavy atom. The molecule has 5 heteroatoms. The van der Waals surface area contributed by atoms with Crippen molar-refractivity contribution < 1.29 is 4.79 Å². The maximum atomic E-state index is 12.8. The van der Waals surface area contributed by atoms with Gasteiger partial charge in [-0.05, 0) is 55.5 Å². The van der Waals surface area contributed by atoms with Crippen LogP contribution in [0.15, 0.2) is 71.6 Å². The van der Waals surface area contributed by atoms with Crippen molar-refractivity contribution in [2.75, 3.05) is 5.75 Å². The lowest BCUT2D eigenvalue weighted by Gasteiger charge is -2.06. The fraction of sp³-hybridized carbons (Fsp3) is 0.167. The first-order chi connectivity index (χ1) is 14.1. The van der Waals surface area contributed by atoms with Crippen LogP contribution in [0.1, 0.15) is 23.7 Å². The number of nitrogens with one attached hydrogen (secondary N) is 1. The molecule has 0 unspecified atom stereocenters. The molecule has 146 valence electrons. The number of hydrogen-bond acceptors (Lipinski definition) is 3. The number of benzene rings is 3. The summed E-state index contributed by atoms with van der Waals surface area (Å²) < 4.78 is 2.26. The van der Waals surface area contributed by atoms with Crippen LogP contribution in [0.5, 0.6) is 0 Å². The molecule has 1 heterocycles. The molecule has 29 heavy (non-hydrogen) atoms. The number of nitrogens with zero attached hydrogens (tertiary/aromatic N) is 1. The van der Waals surface area contributed by atoms with Gasteiger partial charge in [-0.15, -0.1) is 11.8 Å². The van der Waals surface area contributed by atoms with E-state index in [1.807, 2.05) is 54.6 Å². The summed E-state index contributed by atoms with van der Waals surface area (Å²) in [5, 5.41) is 11.2. The Morgan fingerprint density at radius 3 is 2.48 bits per heavy atom. The zero-order valence-electron chi connectivity index (χ0n) is 16.1. The Kier molecular flexibility index (Phi) is 5.74. The zero-order chi connectivity index (χ0) is 20.4. The number of hydrogen-bond donors (Lipinski definition) is 1. The zero-order valence-corrected chi connectivity index (χ0v) is 17.7. The number of aryl methyl sites for hydroxylation is 1. The van der Waals surface area contributed by atoms with Gasteiger partial charge in [-0.1, -0.05) is 29.8 Å². The van der Waals surface area contributed by atoms with Gasteiger partial charge in [0.15, 0.2) is 0 Å². The van der Waals surface area contributed by atoms with E-state index < -0.39 is 0 Å². The van der Waals surface area contributed by atoms with Gasteiger partial charge in [0.2, 0.25) is 5.78 Å². The number of aromatic nitrogens is 1. The number of para-hydroxylation sites is 1. The van der Waals surface area contributed by atoms with Crippen LogP contribution < -0.4 is 0 Å².